The molecule has 0 N–H and O–H groups in total. The molecule has 4 heterocycles. The highest BCUT2D eigenvalue weighted by atomic mass is 35.5. The van der Waals surface area contributed by atoms with Crippen molar-refractivity contribution < 1.29 is 4.79 Å². The number of carbonyl (C=O) groups is 1. The third-order valence-corrected chi connectivity index (χ3v) is 7.16. The topological polar surface area (TPSA) is 73.0 Å². The van der Waals surface area contributed by atoms with Crippen molar-refractivity contribution in [1.29, 1.82) is 0 Å². The molecule has 8 heteroatoms. The van der Waals surface area contributed by atoms with E-state index in [2.05, 4.69) is 21.8 Å². The van der Waals surface area contributed by atoms with Crippen LogP contribution in [-0.4, -0.2) is 43.0 Å². The van der Waals surface area contributed by atoms with Gasteiger partial charge in [0.15, 0.2) is 0 Å². The van der Waals surface area contributed by atoms with Gasteiger partial charge in [-0.2, -0.15) is 0 Å². The summed E-state index contributed by atoms with van der Waals surface area (Å²) in [4.78, 5) is 36.5. The molecule has 3 aromatic heterocycles. The summed E-state index contributed by atoms with van der Waals surface area (Å²) in [5.74, 6) is 1.08. The van der Waals surface area contributed by atoms with E-state index in [-0.39, 0.29) is 17.5 Å². The van der Waals surface area contributed by atoms with Gasteiger partial charge >= 0.3 is 0 Å². The van der Waals surface area contributed by atoms with E-state index >= 15 is 0 Å². The summed E-state index contributed by atoms with van der Waals surface area (Å²) >= 11 is 6.05. The van der Waals surface area contributed by atoms with Crippen molar-refractivity contribution in [2.75, 3.05) is 13.1 Å². The van der Waals surface area contributed by atoms with Gasteiger partial charge in [-0.25, -0.2) is 14.5 Å². The zero-order valence-corrected chi connectivity index (χ0v) is 21.0. The number of rotatable bonds is 4. The number of nitrogens with zero attached hydrogens (tertiary/aromatic N) is 5. The molecule has 1 aliphatic heterocycles. The van der Waals surface area contributed by atoms with Gasteiger partial charge in [0.05, 0.1) is 22.0 Å². The Morgan fingerprint density at radius 2 is 1.76 bits per heavy atom. The molecule has 1 saturated heterocycles. The van der Waals surface area contributed by atoms with Gasteiger partial charge in [-0.15, -0.1) is 0 Å². The average molecular weight is 510 g/mol. The van der Waals surface area contributed by atoms with Gasteiger partial charge in [-0.3, -0.25) is 9.59 Å². The van der Waals surface area contributed by atoms with Gasteiger partial charge in [-0.1, -0.05) is 48.0 Å². The number of fused-ring (bicyclic) bond motifs is 1. The summed E-state index contributed by atoms with van der Waals surface area (Å²) in [6.45, 7) is 3.12. The Labute approximate surface area is 218 Å². The Morgan fingerprint density at radius 3 is 2.49 bits per heavy atom. The number of hydrogen-bond acceptors (Lipinski definition) is 4. The SMILES string of the molecule is CC(=O)N1CCC(n2cccc2-c2ccc(-c3nc4ccccc4c(=O)n3-c3ccc(Cl)cn3)cc2)C1. The Balaban J connectivity index is 1.42. The molecule has 37 heavy (non-hydrogen) atoms. The Kier molecular flexibility index (Phi) is 5.85. The number of pyridine rings is 1. The fraction of sp³-hybridized carbons (Fsp3) is 0.172. The maximum absolute atomic E-state index is 13.5. The van der Waals surface area contributed by atoms with Gasteiger partial charge in [0, 0.05) is 43.7 Å². The average Bonchev–Trinajstić information content (AvgIpc) is 3.60. The number of carbonyl (C=O) groups excluding carboxylic acids is 1. The molecule has 7 nitrogen and oxygen atoms in total. The maximum Gasteiger partial charge on any atom is 0.267 e. The monoisotopic (exact) mass is 509 g/mol. The lowest BCUT2D eigenvalue weighted by Gasteiger charge is -2.18. The van der Waals surface area contributed by atoms with Crippen LogP contribution in [0.25, 0.3) is 39.4 Å². The second-order valence-corrected chi connectivity index (χ2v) is 9.65. The molecule has 6 rings (SSSR count). The Bertz CT molecular complexity index is 1670. The largest absolute Gasteiger partial charge is 0.343 e. The van der Waals surface area contributed by atoms with Crippen molar-refractivity contribution in [3.63, 3.8) is 0 Å². The standard InChI is InChI=1S/C29H24ClN5O2/c1-19(36)33-16-14-23(18-33)34-15-4-7-26(34)20-8-10-21(11-9-20)28-32-25-6-3-2-5-24(25)29(37)35(28)27-13-12-22(30)17-31-27/h2-13,15,17,23H,14,16,18H2,1H3. The van der Waals surface area contributed by atoms with E-state index in [1.165, 1.54) is 10.8 Å². The Hall–Kier alpha value is -4.23. The van der Waals surface area contributed by atoms with Crippen molar-refractivity contribution in [2.24, 2.45) is 0 Å². The number of aromatic nitrogens is 4. The molecule has 1 amide bonds. The summed E-state index contributed by atoms with van der Waals surface area (Å²) < 4.78 is 3.78. The first-order valence-corrected chi connectivity index (χ1v) is 12.5. The summed E-state index contributed by atoms with van der Waals surface area (Å²) in [5, 5.41) is 1.02. The first kappa shape index (κ1) is 23.2. The van der Waals surface area contributed by atoms with E-state index in [0.717, 1.165) is 36.3 Å². The molecule has 1 aliphatic rings. The highest BCUT2D eigenvalue weighted by Crippen LogP contribution is 2.31. The van der Waals surface area contributed by atoms with E-state index in [0.29, 0.717) is 27.6 Å². The van der Waals surface area contributed by atoms with Crippen LogP contribution in [0.3, 0.4) is 0 Å². The highest BCUT2D eigenvalue weighted by Gasteiger charge is 2.26. The van der Waals surface area contributed by atoms with E-state index in [1.807, 2.05) is 53.4 Å². The second kappa shape index (κ2) is 9.33. The van der Waals surface area contributed by atoms with Crippen molar-refractivity contribution in [1.82, 2.24) is 24.0 Å². The van der Waals surface area contributed by atoms with Crippen LogP contribution in [0.2, 0.25) is 5.02 Å². The summed E-state index contributed by atoms with van der Waals surface area (Å²) in [6.07, 6.45) is 4.53. The number of amides is 1. The van der Waals surface area contributed by atoms with E-state index in [9.17, 15) is 9.59 Å². The fourth-order valence-corrected chi connectivity index (χ4v) is 5.15. The van der Waals surface area contributed by atoms with Crippen molar-refractivity contribution >= 4 is 28.4 Å². The second-order valence-electron chi connectivity index (χ2n) is 9.21. The van der Waals surface area contributed by atoms with Gasteiger partial charge in [0.25, 0.3) is 5.56 Å². The van der Waals surface area contributed by atoms with Crippen LogP contribution in [0, 0.1) is 0 Å². The molecule has 0 saturated carbocycles. The molecular formula is C29H24ClN5O2. The minimum absolute atomic E-state index is 0.115. The molecule has 0 bridgehead atoms. The normalized spacial score (nSPS) is 15.4. The van der Waals surface area contributed by atoms with E-state index < -0.39 is 0 Å². The first-order chi connectivity index (χ1) is 18.0. The summed E-state index contributed by atoms with van der Waals surface area (Å²) in [7, 11) is 0. The van der Waals surface area contributed by atoms with Crippen LogP contribution in [0.1, 0.15) is 19.4 Å². The Morgan fingerprint density at radius 1 is 0.973 bits per heavy atom. The molecule has 0 radical (unpaired) electrons. The highest BCUT2D eigenvalue weighted by molar-refractivity contribution is 6.30. The smallest absolute Gasteiger partial charge is 0.267 e. The number of para-hydroxylation sites is 1. The molecule has 184 valence electrons. The lowest BCUT2D eigenvalue weighted by atomic mass is 10.1. The third-order valence-electron chi connectivity index (χ3n) is 6.94. The fourth-order valence-electron chi connectivity index (χ4n) is 5.04. The minimum atomic E-state index is -0.190. The molecule has 5 aromatic rings. The van der Waals surface area contributed by atoms with E-state index in [4.69, 9.17) is 16.6 Å². The van der Waals surface area contributed by atoms with Crippen LogP contribution in [0.4, 0.5) is 0 Å². The zero-order chi connectivity index (χ0) is 25.5. The molecule has 1 atom stereocenters. The maximum atomic E-state index is 13.5. The molecule has 1 unspecified atom stereocenters. The van der Waals surface area contributed by atoms with Crippen molar-refractivity contribution in [3.05, 3.63) is 101 Å². The minimum Gasteiger partial charge on any atom is -0.343 e. The lowest BCUT2D eigenvalue weighted by Crippen LogP contribution is -2.26. The zero-order valence-electron chi connectivity index (χ0n) is 20.2. The quantitative estimate of drug-likeness (QED) is 0.327. The first-order valence-electron chi connectivity index (χ1n) is 12.2. The van der Waals surface area contributed by atoms with Crippen LogP contribution in [-0.2, 0) is 4.79 Å². The predicted molar refractivity (Wildman–Crippen MR) is 145 cm³/mol. The number of halogens is 1. The van der Waals surface area contributed by atoms with Crippen LogP contribution >= 0.6 is 11.6 Å². The van der Waals surface area contributed by atoms with Crippen molar-refractivity contribution in [2.45, 2.75) is 19.4 Å². The van der Waals surface area contributed by atoms with Gasteiger partial charge < -0.3 is 9.47 Å². The number of likely N-dealkylation sites (tertiary alicyclic amines) is 1. The molecule has 1 fully saturated rings. The van der Waals surface area contributed by atoms with Crippen molar-refractivity contribution in [3.8, 4) is 28.5 Å². The molecule has 0 spiro atoms. The number of benzene rings is 2. The molecule has 0 aliphatic carbocycles. The number of hydrogen-bond donors (Lipinski definition) is 0. The van der Waals surface area contributed by atoms with E-state index in [1.54, 1.807) is 25.1 Å². The van der Waals surface area contributed by atoms with Gasteiger partial charge in [0.1, 0.15) is 11.6 Å². The molecular weight excluding hydrogens is 486 g/mol. The lowest BCUT2D eigenvalue weighted by molar-refractivity contribution is -0.127. The van der Waals surface area contributed by atoms with Crippen LogP contribution < -0.4 is 5.56 Å². The van der Waals surface area contributed by atoms with Crippen LogP contribution in [0.15, 0.2) is 90.0 Å². The van der Waals surface area contributed by atoms with Gasteiger partial charge in [-0.05, 0) is 48.4 Å². The molecule has 2 aromatic carbocycles. The van der Waals surface area contributed by atoms with Gasteiger partial charge in [0.2, 0.25) is 5.91 Å². The predicted octanol–water partition coefficient (Wildman–Crippen LogP) is 5.36. The van der Waals surface area contributed by atoms with Crippen LogP contribution in [0.5, 0.6) is 0 Å². The summed E-state index contributed by atoms with van der Waals surface area (Å²) in [6, 6.07) is 23.2. The third kappa shape index (κ3) is 4.21. The summed E-state index contributed by atoms with van der Waals surface area (Å²) in [5.41, 5.74) is 3.37.